The normalized spacial score (nSPS) is 20.8. The number of esters is 1. The summed E-state index contributed by atoms with van der Waals surface area (Å²) in [6.45, 7) is 5.05. The van der Waals surface area contributed by atoms with Gasteiger partial charge in [0.2, 0.25) is 0 Å². The van der Waals surface area contributed by atoms with Crippen LogP contribution in [0.2, 0.25) is 0 Å². The van der Waals surface area contributed by atoms with Crippen molar-refractivity contribution in [2.24, 2.45) is 0 Å². The molecular weight excluding hydrogens is 469 g/mol. The Labute approximate surface area is 195 Å². The molecule has 1 saturated heterocycles. The Bertz CT molecular complexity index is 1100. The van der Waals surface area contributed by atoms with Gasteiger partial charge in [0, 0.05) is 17.5 Å². The van der Waals surface area contributed by atoms with E-state index in [9.17, 15) is 18.9 Å². The number of ether oxygens (including phenoxy) is 1. The van der Waals surface area contributed by atoms with Crippen molar-refractivity contribution in [1.82, 2.24) is 14.6 Å². The minimum atomic E-state index is -3.94. The number of para-hydroxylation sites is 1. The van der Waals surface area contributed by atoms with Gasteiger partial charge in [0.15, 0.2) is 0 Å². The van der Waals surface area contributed by atoms with Crippen LogP contribution in [-0.2, 0) is 18.6 Å². The van der Waals surface area contributed by atoms with Gasteiger partial charge in [-0.15, -0.1) is 11.8 Å². The summed E-state index contributed by atoms with van der Waals surface area (Å²) in [5.74, 6) is -0.243. The summed E-state index contributed by atoms with van der Waals surface area (Å²) in [6, 6.07) is 8.91. The second-order valence-electron chi connectivity index (χ2n) is 7.84. The predicted octanol–water partition coefficient (Wildman–Crippen LogP) is 3.06. The molecule has 4 unspecified atom stereocenters. The van der Waals surface area contributed by atoms with Crippen molar-refractivity contribution in [3.05, 3.63) is 63.4 Å². The molecule has 0 amide bonds. The summed E-state index contributed by atoms with van der Waals surface area (Å²) in [4.78, 5) is 37.8. The Balaban J connectivity index is 1.67. The summed E-state index contributed by atoms with van der Waals surface area (Å²) in [5, 5.41) is 2.42. The zero-order chi connectivity index (χ0) is 24.0. The van der Waals surface area contributed by atoms with E-state index in [2.05, 4.69) is 10.1 Å². The molecule has 0 saturated carbocycles. The molecule has 180 valence electrons. The summed E-state index contributed by atoms with van der Waals surface area (Å²) in [7, 11) is -3.94. The monoisotopic (exact) mass is 497 g/mol. The molecule has 3 rings (SSSR count). The van der Waals surface area contributed by atoms with Crippen LogP contribution in [0.4, 0.5) is 0 Å². The number of H-pyrrole nitrogens is 1. The van der Waals surface area contributed by atoms with Gasteiger partial charge in [-0.2, -0.15) is 5.09 Å². The molecule has 1 aromatic carbocycles. The number of nitrogens with zero attached hydrogens (tertiary/aromatic N) is 1. The minimum Gasteiger partial charge on any atom is -0.462 e. The van der Waals surface area contributed by atoms with E-state index in [1.54, 1.807) is 44.2 Å². The van der Waals surface area contributed by atoms with Gasteiger partial charge in [0.05, 0.1) is 18.1 Å². The number of aromatic amines is 1. The molecule has 1 aliphatic rings. The topological polar surface area (TPSA) is 129 Å². The van der Waals surface area contributed by atoms with Gasteiger partial charge in [0.1, 0.15) is 11.8 Å². The van der Waals surface area contributed by atoms with Crippen LogP contribution in [0.3, 0.4) is 0 Å². The first-order chi connectivity index (χ1) is 15.6. The van der Waals surface area contributed by atoms with Crippen molar-refractivity contribution in [1.29, 1.82) is 0 Å². The number of carbonyl (C=O) groups is 1. The van der Waals surface area contributed by atoms with E-state index in [1.807, 2.05) is 0 Å². The fraction of sp³-hybridized carbons (Fsp3) is 0.476. The highest BCUT2D eigenvalue weighted by atomic mass is 32.2. The third-order valence-electron chi connectivity index (χ3n) is 4.70. The van der Waals surface area contributed by atoms with Crippen molar-refractivity contribution in [3.63, 3.8) is 0 Å². The van der Waals surface area contributed by atoms with Crippen molar-refractivity contribution in [2.75, 3.05) is 6.61 Å². The Kier molecular flexibility index (Phi) is 8.58. The summed E-state index contributed by atoms with van der Waals surface area (Å²) < 4.78 is 31.5. The Morgan fingerprint density at radius 2 is 1.94 bits per heavy atom. The molecule has 1 fully saturated rings. The smallest absolute Gasteiger partial charge is 0.459 e. The SMILES string of the molecule is CC(C)OC(=O)C(C)NP(=O)(OCC1CCC(n2ccc(=O)[nH]c2=O)S1)Oc1ccccc1. The number of nitrogens with one attached hydrogen (secondary N) is 2. The highest BCUT2D eigenvalue weighted by Gasteiger charge is 2.35. The third kappa shape index (κ3) is 7.33. The quantitative estimate of drug-likeness (QED) is 0.376. The average molecular weight is 498 g/mol. The lowest BCUT2D eigenvalue weighted by Gasteiger charge is -2.24. The molecule has 1 aromatic heterocycles. The maximum atomic E-state index is 13.5. The van der Waals surface area contributed by atoms with Gasteiger partial charge in [0.25, 0.3) is 5.56 Å². The van der Waals surface area contributed by atoms with Gasteiger partial charge >= 0.3 is 19.4 Å². The van der Waals surface area contributed by atoms with Gasteiger partial charge in [-0.05, 0) is 45.7 Å². The van der Waals surface area contributed by atoms with E-state index < -0.39 is 31.0 Å². The van der Waals surface area contributed by atoms with Crippen molar-refractivity contribution < 1.29 is 23.1 Å². The molecule has 0 radical (unpaired) electrons. The highest BCUT2D eigenvalue weighted by Crippen LogP contribution is 2.48. The Morgan fingerprint density at radius 3 is 2.61 bits per heavy atom. The van der Waals surface area contributed by atoms with E-state index in [1.165, 1.54) is 35.5 Å². The summed E-state index contributed by atoms with van der Waals surface area (Å²) in [6.07, 6.45) is 2.53. The standard InChI is InChI=1S/C21H28N3O7PS/c1-14(2)30-20(26)15(3)23-32(28,31-16-7-5-4-6-8-16)29-13-17-9-10-19(33-17)24-12-11-18(25)22-21(24)27/h4-8,11-12,14-15,17,19H,9-10,13H2,1-3H3,(H,23,28)(H,22,25,27). The lowest BCUT2D eigenvalue weighted by atomic mass is 10.2. The molecule has 12 heteroatoms. The lowest BCUT2D eigenvalue weighted by Crippen LogP contribution is -2.36. The molecule has 0 aliphatic carbocycles. The molecule has 1 aliphatic heterocycles. The molecule has 0 bridgehead atoms. The number of thioether (sulfide) groups is 1. The molecule has 0 spiro atoms. The number of rotatable bonds is 10. The van der Waals surface area contributed by atoms with Crippen molar-refractivity contribution in [3.8, 4) is 5.75 Å². The summed E-state index contributed by atoms with van der Waals surface area (Å²) >= 11 is 1.48. The number of carbonyl (C=O) groups excluding carboxylic acids is 1. The average Bonchev–Trinajstić information content (AvgIpc) is 3.21. The first kappa shape index (κ1) is 25.3. The molecular formula is C21H28N3O7PS. The van der Waals surface area contributed by atoms with E-state index in [0.717, 1.165) is 0 Å². The fourth-order valence-corrected chi connectivity index (χ4v) is 6.25. The van der Waals surface area contributed by atoms with Crippen LogP contribution in [0.5, 0.6) is 5.75 Å². The van der Waals surface area contributed by atoms with Crippen molar-refractivity contribution in [2.45, 2.75) is 56.4 Å². The number of hydrogen-bond acceptors (Lipinski definition) is 8. The minimum absolute atomic E-state index is 0.0683. The maximum Gasteiger partial charge on any atom is 0.459 e. The highest BCUT2D eigenvalue weighted by molar-refractivity contribution is 8.00. The number of hydrogen-bond donors (Lipinski definition) is 2. The van der Waals surface area contributed by atoms with Crippen LogP contribution in [0.1, 0.15) is 39.0 Å². The molecule has 2 aromatic rings. The summed E-state index contributed by atoms with van der Waals surface area (Å²) in [5.41, 5.74) is -0.923. The zero-order valence-corrected chi connectivity index (χ0v) is 20.3. The van der Waals surface area contributed by atoms with Gasteiger partial charge in [-0.1, -0.05) is 18.2 Å². The molecule has 4 atom stereocenters. The molecule has 2 N–H and O–H groups in total. The Morgan fingerprint density at radius 1 is 1.21 bits per heavy atom. The van der Waals surface area contributed by atoms with Gasteiger partial charge < -0.3 is 9.26 Å². The van der Waals surface area contributed by atoms with Gasteiger partial charge in [-0.3, -0.25) is 23.7 Å². The third-order valence-corrected chi connectivity index (χ3v) is 7.88. The predicted molar refractivity (Wildman–Crippen MR) is 125 cm³/mol. The zero-order valence-electron chi connectivity index (χ0n) is 18.6. The van der Waals surface area contributed by atoms with E-state index >= 15 is 0 Å². The Hall–Kier alpha value is -2.33. The van der Waals surface area contributed by atoms with Crippen LogP contribution >= 0.6 is 19.5 Å². The second-order valence-corrected chi connectivity index (χ2v) is 11.0. The largest absolute Gasteiger partial charge is 0.462 e. The van der Waals surface area contributed by atoms with E-state index in [0.29, 0.717) is 18.6 Å². The fourth-order valence-electron chi connectivity index (χ4n) is 3.18. The molecule has 33 heavy (non-hydrogen) atoms. The first-order valence-electron chi connectivity index (χ1n) is 10.6. The maximum absolute atomic E-state index is 13.5. The van der Waals surface area contributed by atoms with E-state index in [4.69, 9.17) is 13.8 Å². The molecule has 2 heterocycles. The van der Waals surface area contributed by atoms with Crippen molar-refractivity contribution >= 4 is 25.5 Å². The lowest BCUT2D eigenvalue weighted by molar-refractivity contribution is -0.149. The first-order valence-corrected chi connectivity index (χ1v) is 13.1. The van der Waals surface area contributed by atoms with Crippen LogP contribution in [0.15, 0.2) is 52.2 Å². The second kappa shape index (κ2) is 11.2. The van der Waals surface area contributed by atoms with Crippen LogP contribution < -0.4 is 20.9 Å². The number of benzene rings is 1. The van der Waals surface area contributed by atoms with Crippen LogP contribution in [-0.4, -0.2) is 39.5 Å². The van der Waals surface area contributed by atoms with Crippen LogP contribution in [0, 0.1) is 0 Å². The number of aromatic nitrogens is 2. The van der Waals surface area contributed by atoms with E-state index in [-0.39, 0.29) is 23.3 Å². The van der Waals surface area contributed by atoms with Gasteiger partial charge in [-0.25, -0.2) is 9.36 Å². The van der Waals surface area contributed by atoms with Crippen LogP contribution in [0.25, 0.3) is 0 Å². The molecule has 10 nitrogen and oxygen atoms in total.